The number of halogens is 1. The summed E-state index contributed by atoms with van der Waals surface area (Å²) in [4.78, 5) is 7.57. The number of thioether (sulfide) groups is 1. The Morgan fingerprint density at radius 3 is 2.78 bits per heavy atom. The predicted octanol–water partition coefficient (Wildman–Crippen LogP) is 4.59. The number of nitrogens with one attached hydrogen (secondary N) is 2. The molecule has 0 aliphatic rings. The fourth-order valence-corrected chi connectivity index (χ4v) is 4.18. The van der Waals surface area contributed by atoms with Gasteiger partial charge in [0.1, 0.15) is 16.1 Å². The lowest BCUT2D eigenvalue weighted by atomic mass is 10.1. The Labute approximate surface area is 176 Å². The molecule has 0 spiro atoms. The van der Waals surface area contributed by atoms with Crippen LogP contribution in [0, 0.1) is 4.64 Å². The van der Waals surface area contributed by atoms with E-state index in [4.69, 9.17) is 28.6 Å². The molecule has 0 amide bonds. The van der Waals surface area contributed by atoms with Crippen molar-refractivity contribution in [2.75, 3.05) is 24.7 Å². The summed E-state index contributed by atoms with van der Waals surface area (Å²) in [7, 11) is 1.66. The number of hydrogen-bond acceptors (Lipinski definition) is 8. The summed E-state index contributed by atoms with van der Waals surface area (Å²) in [5.41, 5.74) is 2.98. The number of rotatable bonds is 9. The minimum atomic E-state index is 0.499. The number of H-pyrrole nitrogens is 1. The summed E-state index contributed by atoms with van der Waals surface area (Å²) in [6.07, 6.45) is 2.55. The second kappa shape index (κ2) is 10.0. The molecule has 10 heteroatoms. The first-order chi connectivity index (χ1) is 13.2. The highest BCUT2D eigenvalue weighted by molar-refractivity contribution is 7.98. The zero-order valence-electron chi connectivity index (χ0n) is 14.6. The van der Waals surface area contributed by atoms with E-state index >= 15 is 0 Å². The molecule has 0 saturated heterocycles. The highest BCUT2D eigenvalue weighted by atomic mass is 35.5. The Morgan fingerprint density at radius 2 is 2.11 bits per heavy atom. The molecule has 3 aromatic rings. The molecule has 0 bridgehead atoms. The summed E-state index contributed by atoms with van der Waals surface area (Å²) in [6, 6.07) is 7.94. The lowest BCUT2D eigenvalue weighted by molar-refractivity contribution is 0.414. The van der Waals surface area contributed by atoms with Crippen LogP contribution in [0.15, 0.2) is 30.5 Å². The van der Waals surface area contributed by atoms with Gasteiger partial charge in [0.05, 0.1) is 18.8 Å². The van der Waals surface area contributed by atoms with Crippen LogP contribution in [0.3, 0.4) is 0 Å². The first-order valence-corrected chi connectivity index (χ1v) is 10.8. The maximum atomic E-state index is 5.93. The maximum absolute atomic E-state index is 5.93. The largest absolute Gasteiger partial charge is 0.497 e. The molecule has 0 radical (unpaired) electrons. The van der Waals surface area contributed by atoms with Crippen LogP contribution in [-0.4, -0.2) is 38.1 Å². The van der Waals surface area contributed by atoms with E-state index in [0.717, 1.165) is 58.8 Å². The van der Waals surface area contributed by atoms with Crippen molar-refractivity contribution in [3.8, 4) is 5.75 Å². The third-order valence-corrected chi connectivity index (χ3v) is 6.02. The summed E-state index contributed by atoms with van der Waals surface area (Å²) in [5.74, 6) is 3.16. The maximum Gasteiger partial charge on any atom is 0.201 e. The summed E-state index contributed by atoms with van der Waals surface area (Å²) >= 11 is 14.3. The van der Waals surface area contributed by atoms with Gasteiger partial charge in [0.2, 0.25) is 5.95 Å². The van der Waals surface area contributed by atoms with Crippen LogP contribution < -0.4 is 10.1 Å². The van der Waals surface area contributed by atoms with Gasteiger partial charge in [0.25, 0.3) is 0 Å². The Hall–Kier alpha value is -1.68. The number of aromatic nitrogens is 4. The molecule has 0 atom stereocenters. The fourth-order valence-electron chi connectivity index (χ4n) is 2.29. The highest BCUT2D eigenvalue weighted by Crippen LogP contribution is 2.19. The first-order valence-electron chi connectivity index (χ1n) is 8.15. The Balaban J connectivity index is 1.47. The molecule has 142 valence electrons. The van der Waals surface area contributed by atoms with Gasteiger partial charge in [-0.05, 0) is 17.7 Å². The second-order valence-corrected chi connectivity index (χ2v) is 7.99. The van der Waals surface area contributed by atoms with Crippen molar-refractivity contribution in [1.82, 2.24) is 18.7 Å². The number of anilines is 1. The van der Waals surface area contributed by atoms with Crippen LogP contribution in [0.2, 0.25) is 5.15 Å². The molecule has 0 unspecified atom stereocenters. The van der Waals surface area contributed by atoms with Gasteiger partial charge in [-0.15, -0.1) is 0 Å². The average Bonchev–Trinajstić information content (AvgIpc) is 3.09. The third-order valence-electron chi connectivity index (χ3n) is 3.71. The molecule has 0 saturated carbocycles. The summed E-state index contributed by atoms with van der Waals surface area (Å²) in [5, 5.41) is 3.75. The van der Waals surface area contributed by atoms with Gasteiger partial charge in [-0.3, -0.25) is 0 Å². The predicted molar refractivity (Wildman–Crippen MR) is 115 cm³/mol. The van der Waals surface area contributed by atoms with Crippen molar-refractivity contribution in [3.63, 3.8) is 0 Å². The number of hydrogen-bond donors (Lipinski definition) is 2. The van der Waals surface area contributed by atoms with Crippen LogP contribution in [0.4, 0.5) is 5.95 Å². The Bertz CT molecular complexity index is 929. The number of aromatic amines is 1. The molecule has 2 heterocycles. The van der Waals surface area contributed by atoms with Crippen LogP contribution in [0.25, 0.3) is 0 Å². The van der Waals surface area contributed by atoms with Crippen molar-refractivity contribution in [2.24, 2.45) is 0 Å². The molecule has 0 aliphatic carbocycles. The van der Waals surface area contributed by atoms with Gasteiger partial charge in [-0.2, -0.15) is 20.5 Å². The minimum absolute atomic E-state index is 0.499. The number of benzene rings is 1. The first kappa shape index (κ1) is 20.1. The van der Waals surface area contributed by atoms with E-state index < -0.39 is 0 Å². The highest BCUT2D eigenvalue weighted by Gasteiger charge is 2.05. The lowest BCUT2D eigenvalue weighted by Gasteiger charge is -2.08. The Morgan fingerprint density at radius 1 is 1.30 bits per heavy atom. The molecule has 0 aliphatic heterocycles. The number of nitrogens with zero attached hydrogens (tertiary/aromatic N) is 3. The Kier molecular flexibility index (Phi) is 7.45. The van der Waals surface area contributed by atoms with Gasteiger partial charge in [0.15, 0.2) is 5.15 Å². The molecule has 27 heavy (non-hydrogen) atoms. The molecule has 0 fully saturated rings. The quantitative estimate of drug-likeness (QED) is 0.373. The van der Waals surface area contributed by atoms with Crippen LogP contribution in [0.5, 0.6) is 5.75 Å². The van der Waals surface area contributed by atoms with Crippen molar-refractivity contribution in [3.05, 3.63) is 57.1 Å². The topological polar surface area (TPSA) is 75.7 Å². The zero-order chi connectivity index (χ0) is 19.1. The van der Waals surface area contributed by atoms with Crippen molar-refractivity contribution in [1.29, 1.82) is 0 Å². The van der Waals surface area contributed by atoms with E-state index in [2.05, 4.69) is 24.0 Å². The van der Waals surface area contributed by atoms with Gasteiger partial charge < -0.3 is 15.0 Å². The summed E-state index contributed by atoms with van der Waals surface area (Å²) in [6.45, 7) is 0.760. The third kappa shape index (κ3) is 5.90. The van der Waals surface area contributed by atoms with Gasteiger partial charge >= 0.3 is 0 Å². The number of ether oxygens (including phenoxy) is 1. The van der Waals surface area contributed by atoms with Crippen molar-refractivity contribution in [2.45, 2.75) is 12.2 Å². The molecule has 6 nitrogen and oxygen atoms in total. The number of methoxy groups -OCH3 is 1. The SMILES string of the molecule is COc1ccc(Cc2cnc(NCCSCc3nsnc3Cl)[nH]c2=S)cc1. The average molecular weight is 440 g/mol. The molecule has 3 rings (SSSR count). The summed E-state index contributed by atoms with van der Waals surface area (Å²) < 4.78 is 14.0. The standard InChI is InChI=1S/C17H18ClN5OS3/c1-24-13-4-2-11(3-5-13)8-12-9-20-17(21-16(12)25)19-6-7-26-10-14-15(18)23-27-22-14/h2-5,9H,6-8,10H2,1H3,(H2,19,20,21,25). The fraction of sp³-hybridized carbons (Fsp3) is 0.294. The van der Waals surface area contributed by atoms with Crippen LogP contribution >= 0.6 is 47.3 Å². The molecular formula is C17H18ClN5OS3. The van der Waals surface area contributed by atoms with E-state index in [9.17, 15) is 0 Å². The van der Waals surface area contributed by atoms with Gasteiger partial charge in [-0.25, -0.2) is 4.98 Å². The molecule has 2 aromatic heterocycles. The second-order valence-electron chi connectivity index (χ2n) is 5.59. The van der Waals surface area contributed by atoms with E-state index in [0.29, 0.717) is 15.7 Å². The van der Waals surface area contributed by atoms with E-state index in [1.807, 2.05) is 30.5 Å². The lowest BCUT2D eigenvalue weighted by Crippen LogP contribution is -2.08. The smallest absolute Gasteiger partial charge is 0.201 e. The minimum Gasteiger partial charge on any atom is -0.497 e. The van der Waals surface area contributed by atoms with E-state index in [1.54, 1.807) is 18.9 Å². The van der Waals surface area contributed by atoms with Crippen molar-refractivity contribution < 1.29 is 4.74 Å². The van der Waals surface area contributed by atoms with Gasteiger partial charge in [0, 0.05) is 36.2 Å². The van der Waals surface area contributed by atoms with E-state index in [-0.39, 0.29) is 0 Å². The van der Waals surface area contributed by atoms with Crippen LogP contribution in [-0.2, 0) is 12.2 Å². The van der Waals surface area contributed by atoms with Gasteiger partial charge in [-0.1, -0.05) is 36.0 Å². The normalized spacial score (nSPS) is 10.7. The zero-order valence-corrected chi connectivity index (χ0v) is 17.8. The molecule has 1 aromatic carbocycles. The molecular weight excluding hydrogens is 422 g/mol. The van der Waals surface area contributed by atoms with Crippen LogP contribution in [0.1, 0.15) is 16.8 Å². The van der Waals surface area contributed by atoms with Crippen molar-refractivity contribution >= 4 is 53.3 Å². The van der Waals surface area contributed by atoms with E-state index in [1.165, 1.54) is 0 Å². The molecule has 2 N–H and O–H groups in total. The monoisotopic (exact) mass is 439 g/mol.